The SMILES string of the molecule is CNCC1CCCCN1CC(=O)N(C)Cc1ccsc1. The zero-order chi connectivity index (χ0) is 14.4. The van der Waals surface area contributed by atoms with Gasteiger partial charge in [-0.05, 0) is 48.8 Å². The first-order valence-electron chi connectivity index (χ1n) is 7.34. The van der Waals surface area contributed by atoms with Crippen LogP contribution in [0.2, 0.25) is 0 Å². The molecule has 1 unspecified atom stereocenters. The average molecular weight is 295 g/mol. The Morgan fingerprint density at radius 3 is 3.10 bits per heavy atom. The number of likely N-dealkylation sites (N-methyl/N-ethyl adjacent to an activating group) is 2. The van der Waals surface area contributed by atoms with Crippen LogP contribution in [0.3, 0.4) is 0 Å². The topological polar surface area (TPSA) is 35.6 Å². The Labute approximate surface area is 125 Å². The smallest absolute Gasteiger partial charge is 0.236 e. The molecule has 2 heterocycles. The van der Waals surface area contributed by atoms with E-state index in [9.17, 15) is 4.79 Å². The van der Waals surface area contributed by atoms with Crippen LogP contribution in [0.1, 0.15) is 24.8 Å². The van der Waals surface area contributed by atoms with Crippen molar-refractivity contribution in [1.82, 2.24) is 15.1 Å². The van der Waals surface area contributed by atoms with Crippen molar-refractivity contribution in [2.45, 2.75) is 31.8 Å². The van der Waals surface area contributed by atoms with E-state index in [1.165, 1.54) is 24.8 Å². The third kappa shape index (κ3) is 4.30. The third-order valence-corrected chi connectivity index (χ3v) is 4.68. The summed E-state index contributed by atoms with van der Waals surface area (Å²) in [5.41, 5.74) is 1.22. The lowest BCUT2D eigenvalue weighted by atomic mass is 10.0. The number of thiophene rings is 1. The van der Waals surface area contributed by atoms with Gasteiger partial charge in [-0.2, -0.15) is 11.3 Å². The maximum atomic E-state index is 12.4. The summed E-state index contributed by atoms with van der Waals surface area (Å²) in [6.07, 6.45) is 3.69. The molecule has 2 rings (SSSR count). The molecule has 0 aromatic carbocycles. The lowest BCUT2D eigenvalue weighted by molar-refractivity contribution is -0.132. The Bertz CT molecular complexity index is 405. The van der Waals surface area contributed by atoms with Crippen molar-refractivity contribution in [2.24, 2.45) is 0 Å². The van der Waals surface area contributed by atoms with Crippen LogP contribution in [0, 0.1) is 0 Å². The van der Waals surface area contributed by atoms with Gasteiger partial charge in [0.1, 0.15) is 0 Å². The number of piperidine rings is 1. The lowest BCUT2D eigenvalue weighted by Crippen LogP contribution is -2.49. The van der Waals surface area contributed by atoms with E-state index in [-0.39, 0.29) is 5.91 Å². The fraction of sp³-hybridized carbons (Fsp3) is 0.667. The van der Waals surface area contributed by atoms with E-state index < -0.39 is 0 Å². The van der Waals surface area contributed by atoms with E-state index >= 15 is 0 Å². The first-order chi connectivity index (χ1) is 9.70. The molecule has 1 aliphatic rings. The van der Waals surface area contributed by atoms with E-state index in [0.717, 1.165) is 13.1 Å². The molecule has 1 fully saturated rings. The Morgan fingerprint density at radius 2 is 2.40 bits per heavy atom. The van der Waals surface area contributed by atoms with Crippen LogP contribution in [-0.2, 0) is 11.3 Å². The molecule has 1 aromatic heterocycles. The summed E-state index contributed by atoms with van der Waals surface area (Å²) in [5, 5.41) is 7.40. The van der Waals surface area contributed by atoms with E-state index in [1.807, 2.05) is 19.0 Å². The largest absolute Gasteiger partial charge is 0.340 e. The highest BCUT2D eigenvalue weighted by molar-refractivity contribution is 7.07. The second-order valence-electron chi connectivity index (χ2n) is 5.56. The van der Waals surface area contributed by atoms with Gasteiger partial charge in [0, 0.05) is 26.2 Å². The Hall–Kier alpha value is -0.910. The molecule has 1 N–H and O–H groups in total. The van der Waals surface area contributed by atoms with Crippen molar-refractivity contribution in [3.63, 3.8) is 0 Å². The first kappa shape index (κ1) is 15.5. The minimum absolute atomic E-state index is 0.221. The van der Waals surface area contributed by atoms with E-state index in [0.29, 0.717) is 19.1 Å². The van der Waals surface area contributed by atoms with Gasteiger partial charge in [0.2, 0.25) is 5.91 Å². The number of hydrogen-bond donors (Lipinski definition) is 1. The molecule has 1 amide bonds. The highest BCUT2D eigenvalue weighted by Gasteiger charge is 2.24. The van der Waals surface area contributed by atoms with Gasteiger partial charge in [-0.3, -0.25) is 9.69 Å². The molecule has 1 saturated heterocycles. The van der Waals surface area contributed by atoms with Crippen LogP contribution >= 0.6 is 11.3 Å². The van der Waals surface area contributed by atoms with Crippen molar-refractivity contribution >= 4 is 17.2 Å². The molecule has 0 spiro atoms. The minimum atomic E-state index is 0.221. The minimum Gasteiger partial charge on any atom is -0.340 e. The van der Waals surface area contributed by atoms with Crippen molar-refractivity contribution in [3.8, 4) is 0 Å². The predicted molar refractivity (Wildman–Crippen MR) is 83.9 cm³/mol. The number of hydrogen-bond acceptors (Lipinski definition) is 4. The van der Waals surface area contributed by atoms with Gasteiger partial charge >= 0.3 is 0 Å². The molecule has 112 valence electrons. The highest BCUT2D eigenvalue weighted by atomic mass is 32.1. The van der Waals surface area contributed by atoms with Gasteiger partial charge in [0.25, 0.3) is 0 Å². The molecule has 0 saturated carbocycles. The number of carbonyl (C=O) groups excluding carboxylic acids is 1. The predicted octanol–water partition coefficient (Wildman–Crippen LogP) is 1.78. The Morgan fingerprint density at radius 1 is 1.55 bits per heavy atom. The summed E-state index contributed by atoms with van der Waals surface area (Å²) in [7, 11) is 3.88. The summed E-state index contributed by atoms with van der Waals surface area (Å²) in [4.78, 5) is 16.5. The molecule has 0 aliphatic carbocycles. The fourth-order valence-electron chi connectivity index (χ4n) is 2.77. The maximum Gasteiger partial charge on any atom is 0.236 e. The van der Waals surface area contributed by atoms with Crippen LogP contribution < -0.4 is 5.32 Å². The molecule has 1 aromatic rings. The summed E-state index contributed by atoms with van der Waals surface area (Å²) >= 11 is 1.68. The molecule has 1 atom stereocenters. The standard InChI is InChI=1S/C15H25N3OS/c1-16-9-14-5-3-4-7-18(14)11-15(19)17(2)10-13-6-8-20-12-13/h6,8,12,14,16H,3-5,7,9-11H2,1-2H3. The van der Waals surface area contributed by atoms with Crippen molar-refractivity contribution < 1.29 is 4.79 Å². The normalized spacial score (nSPS) is 20.0. The molecule has 0 radical (unpaired) electrons. The van der Waals surface area contributed by atoms with Crippen LogP contribution in [0.25, 0.3) is 0 Å². The van der Waals surface area contributed by atoms with E-state index in [2.05, 4.69) is 27.0 Å². The van der Waals surface area contributed by atoms with E-state index in [4.69, 9.17) is 0 Å². The Balaban J connectivity index is 1.85. The highest BCUT2D eigenvalue weighted by Crippen LogP contribution is 2.16. The Kier molecular flexibility index (Phi) is 6.01. The maximum absolute atomic E-state index is 12.4. The molecule has 0 bridgehead atoms. The number of rotatable bonds is 6. The molecular weight excluding hydrogens is 270 g/mol. The van der Waals surface area contributed by atoms with Crippen LogP contribution in [0.5, 0.6) is 0 Å². The summed E-state index contributed by atoms with van der Waals surface area (Å²) in [6.45, 7) is 3.28. The fourth-order valence-corrected chi connectivity index (χ4v) is 3.43. The lowest BCUT2D eigenvalue weighted by Gasteiger charge is -2.36. The molecular formula is C15H25N3OS. The van der Waals surface area contributed by atoms with Gasteiger partial charge in [-0.15, -0.1) is 0 Å². The summed E-state index contributed by atoms with van der Waals surface area (Å²) < 4.78 is 0. The van der Waals surface area contributed by atoms with Crippen molar-refractivity contribution in [3.05, 3.63) is 22.4 Å². The summed E-state index contributed by atoms with van der Waals surface area (Å²) in [6, 6.07) is 2.59. The van der Waals surface area contributed by atoms with Gasteiger partial charge in [-0.1, -0.05) is 6.42 Å². The second-order valence-corrected chi connectivity index (χ2v) is 6.34. The van der Waals surface area contributed by atoms with Crippen LogP contribution in [-0.4, -0.2) is 55.5 Å². The zero-order valence-corrected chi connectivity index (χ0v) is 13.3. The van der Waals surface area contributed by atoms with E-state index in [1.54, 1.807) is 11.3 Å². The summed E-state index contributed by atoms with van der Waals surface area (Å²) in [5.74, 6) is 0.221. The third-order valence-electron chi connectivity index (χ3n) is 3.95. The van der Waals surface area contributed by atoms with Gasteiger partial charge < -0.3 is 10.2 Å². The number of carbonyl (C=O) groups is 1. The molecule has 4 nitrogen and oxygen atoms in total. The molecule has 1 aliphatic heterocycles. The van der Waals surface area contributed by atoms with Crippen molar-refractivity contribution in [2.75, 3.05) is 33.7 Å². The van der Waals surface area contributed by atoms with Gasteiger partial charge in [0.15, 0.2) is 0 Å². The second kappa shape index (κ2) is 7.76. The number of likely N-dealkylation sites (tertiary alicyclic amines) is 1. The number of amides is 1. The average Bonchev–Trinajstić information content (AvgIpc) is 2.94. The quantitative estimate of drug-likeness (QED) is 0.869. The van der Waals surface area contributed by atoms with Crippen LogP contribution in [0.4, 0.5) is 0 Å². The zero-order valence-electron chi connectivity index (χ0n) is 12.5. The number of nitrogens with one attached hydrogen (secondary N) is 1. The van der Waals surface area contributed by atoms with Gasteiger partial charge in [-0.25, -0.2) is 0 Å². The molecule has 20 heavy (non-hydrogen) atoms. The van der Waals surface area contributed by atoms with Crippen molar-refractivity contribution in [1.29, 1.82) is 0 Å². The first-order valence-corrected chi connectivity index (χ1v) is 8.28. The van der Waals surface area contributed by atoms with Crippen LogP contribution in [0.15, 0.2) is 16.8 Å². The monoisotopic (exact) mass is 295 g/mol. The number of nitrogens with zero attached hydrogens (tertiary/aromatic N) is 2. The molecule has 5 heteroatoms. The van der Waals surface area contributed by atoms with Gasteiger partial charge in [0.05, 0.1) is 6.54 Å².